The Labute approximate surface area is 311 Å². The molecule has 2 heterocycles. The highest BCUT2D eigenvalue weighted by atomic mass is 32.1. The number of benzene rings is 9. The zero-order valence-corrected chi connectivity index (χ0v) is 29.6. The Morgan fingerprint density at radius 1 is 0.340 bits per heavy atom. The first-order chi connectivity index (χ1) is 26.3. The van der Waals surface area contributed by atoms with Gasteiger partial charge in [0.1, 0.15) is 0 Å². The molecule has 53 heavy (non-hydrogen) atoms. The van der Waals surface area contributed by atoms with Crippen LogP contribution in [0.25, 0.3) is 80.3 Å². The molecule has 0 amide bonds. The molecule has 0 saturated heterocycles. The topological polar surface area (TPSA) is 8.17 Å². The first-order valence-electron chi connectivity index (χ1n) is 18.1. The van der Waals surface area contributed by atoms with Crippen molar-refractivity contribution in [3.05, 3.63) is 194 Å². The second-order valence-electron chi connectivity index (χ2n) is 13.8. The Morgan fingerprint density at radius 2 is 0.962 bits per heavy atom. The first kappa shape index (κ1) is 30.0. The number of hydrogen-bond acceptors (Lipinski definition) is 2. The Kier molecular flexibility index (Phi) is 6.76. The van der Waals surface area contributed by atoms with Crippen molar-refractivity contribution in [3.63, 3.8) is 0 Å². The molecule has 0 fully saturated rings. The van der Waals surface area contributed by atoms with Gasteiger partial charge in [0, 0.05) is 53.7 Å². The van der Waals surface area contributed by atoms with E-state index in [1.165, 1.54) is 74.6 Å². The normalized spacial score (nSPS) is 11.8. The van der Waals surface area contributed by atoms with Crippen molar-refractivity contribution >= 4 is 91.9 Å². The maximum Gasteiger partial charge on any atom is 0.0561 e. The van der Waals surface area contributed by atoms with Crippen LogP contribution in [0.4, 0.5) is 17.1 Å². The number of aromatic nitrogens is 1. The molecule has 0 aliphatic carbocycles. The van der Waals surface area contributed by atoms with Crippen LogP contribution < -0.4 is 4.90 Å². The van der Waals surface area contributed by atoms with Crippen molar-refractivity contribution in [2.24, 2.45) is 0 Å². The van der Waals surface area contributed by atoms with Gasteiger partial charge >= 0.3 is 0 Å². The number of hydrogen-bond donors (Lipinski definition) is 0. The summed E-state index contributed by atoms with van der Waals surface area (Å²) in [6.07, 6.45) is 0. The zero-order chi connectivity index (χ0) is 34.9. The standard InChI is InChI=1S/C50H32N2S/c1-3-12-37(13-4-1)51(39-24-21-34-20-19-33-11-7-8-16-41(33)44(34)31-39)40-25-26-42-45-29-35(22-27-47(45)52(48(42)32-40)38-14-5-2-6-15-38)36-23-28-50-46(30-36)43-17-9-10-18-49(43)53-50/h1-32H. The van der Waals surface area contributed by atoms with Gasteiger partial charge in [0.25, 0.3) is 0 Å². The van der Waals surface area contributed by atoms with E-state index in [2.05, 4.69) is 204 Å². The van der Waals surface area contributed by atoms with Gasteiger partial charge in [-0.1, -0.05) is 115 Å². The molecule has 0 saturated carbocycles. The zero-order valence-electron chi connectivity index (χ0n) is 28.8. The Morgan fingerprint density at radius 3 is 1.81 bits per heavy atom. The van der Waals surface area contributed by atoms with E-state index in [0.717, 1.165) is 22.7 Å². The highest BCUT2D eigenvalue weighted by molar-refractivity contribution is 7.25. The number of fused-ring (bicyclic) bond motifs is 9. The van der Waals surface area contributed by atoms with E-state index in [1.54, 1.807) is 0 Å². The molecule has 3 heteroatoms. The fourth-order valence-electron chi connectivity index (χ4n) is 8.24. The smallest absolute Gasteiger partial charge is 0.0561 e. The molecular weight excluding hydrogens is 661 g/mol. The monoisotopic (exact) mass is 692 g/mol. The van der Waals surface area contributed by atoms with Crippen molar-refractivity contribution in [1.82, 2.24) is 4.57 Å². The van der Waals surface area contributed by atoms with Crippen LogP contribution in [0.3, 0.4) is 0 Å². The summed E-state index contributed by atoms with van der Waals surface area (Å²) in [6.45, 7) is 0. The third-order valence-electron chi connectivity index (χ3n) is 10.7. The fourth-order valence-corrected chi connectivity index (χ4v) is 9.33. The third kappa shape index (κ3) is 4.86. The number of anilines is 3. The Balaban J connectivity index is 1.13. The van der Waals surface area contributed by atoms with E-state index in [-0.39, 0.29) is 0 Å². The molecule has 0 unspecified atom stereocenters. The van der Waals surface area contributed by atoms with E-state index in [1.807, 2.05) is 11.3 Å². The summed E-state index contributed by atoms with van der Waals surface area (Å²) in [7, 11) is 0. The van der Waals surface area contributed by atoms with E-state index in [0.29, 0.717) is 0 Å². The summed E-state index contributed by atoms with van der Waals surface area (Å²) >= 11 is 1.86. The molecule has 0 N–H and O–H groups in total. The molecule has 0 atom stereocenters. The summed E-state index contributed by atoms with van der Waals surface area (Å²) < 4.78 is 5.08. The second kappa shape index (κ2) is 11.9. The molecule has 2 nitrogen and oxygen atoms in total. The average Bonchev–Trinajstić information content (AvgIpc) is 3.76. The summed E-state index contributed by atoms with van der Waals surface area (Å²) in [6, 6.07) is 71.1. The summed E-state index contributed by atoms with van der Waals surface area (Å²) in [4.78, 5) is 2.39. The number of thiophene rings is 1. The van der Waals surface area contributed by atoms with Gasteiger partial charge in [-0.25, -0.2) is 0 Å². The molecule has 11 aromatic rings. The largest absolute Gasteiger partial charge is 0.310 e. The lowest BCUT2D eigenvalue weighted by Gasteiger charge is -2.26. The van der Waals surface area contributed by atoms with E-state index >= 15 is 0 Å². The second-order valence-corrected chi connectivity index (χ2v) is 14.9. The molecule has 9 aromatic carbocycles. The molecule has 0 spiro atoms. The van der Waals surface area contributed by atoms with Crippen LogP contribution in [0.1, 0.15) is 0 Å². The van der Waals surface area contributed by atoms with E-state index in [4.69, 9.17) is 0 Å². The van der Waals surface area contributed by atoms with Crippen molar-refractivity contribution in [2.75, 3.05) is 4.90 Å². The maximum atomic E-state index is 2.42. The summed E-state index contributed by atoms with van der Waals surface area (Å²) in [5.74, 6) is 0. The van der Waals surface area contributed by atoms with Gasteiger partial charge in [0.05, 0.1) is 11.0 Å². The van der Waals surface area contributed by atoms with Gasteiger partial charge < -0.3 is 9.47 Å². The van der Waals surface area contributed by atoms with Crippen LogP contribution in [0.15, 0.2) is 194 Å². The number of rotatable bonds is 5. The van der Waals surface area contributed by atoms with Gasteiger partial charge in [0.15, 0.2) is 0 Å². The minimum absolute atomic E-state index is 1.11. The van der Waals surface area contributed by atoms with Gasteiger partial charge in [-0.05, 0) is 112 Å². The van der Waals surface area contributed by atoms with Crippen LogP contribution in [0, 0.1) is 0 Å². The van der Waals surface area contributed by atoms with Gasteiger partial charge in [0.2, 0.25) is 0 Å². The van der Waals surface area contributed by atoms with Crippen LogP contribution >= 0.6 is 11.3 Å². The van der Waals surface area contributed by atoms with Crippen LogP contribution in [-0.2, 0) is 0 Å². The lowest BCUT2D eigenvalue weighted by atomic mass is 10.0. The SMILES string of the molecule is c1ccc(N(c2ccc3ccc4ccccc4c3c2)c2ccc3c4cc(-c5ccc6sc7ccccc7c6c5)ccc4n(-c4ccccc4)c3c2)cc1. The van der Waals surface area contributed by atoms with Gasteiger partial charge in [-0.15, -0.1) is 11.3 Å². The molecule has 0 bridgehead atoms. The van der Waals surface area contributed by atoms with Crippen LogP contribution in [-0.4, -0.2) is 4.57 Å². The van der Waals surface area contributed by atoms with Crippen molar-refractivity contribution in [3.8, 4) is 16.8 Å². The van der Waals surface area contributed by atoms with Crippen LogP contribution in [0.5, 0.6) is 0 Å². The lowest BCUT2D eigenvalue weighted by Crippen LogP contribution is -2.10. The average molecular weight is 693 g/mol. The van der Waals surface area contributed by atoms with Crippen molar-refractivity contribution < 1.29 is 0 Å². The predicted molar refractivity (Wildman–Crippen MR) is 229 cm³/mol. The molecule has 0 aliphatic heterocycles. The summed E-state index contributed by atoms with van der Waals surface area (Å²) in [5.41, 5.74) is 9.32. The summed E-state index contributed by atoms with van der Waals surface area (Å²) in [5, 5.41) is 10.1. The van der Waals surface area contributed by atoms with Gasteiger partial charge in [-0.3, -0.25) is 0 Å². The minimum Gasteiger partial charge on any atom is -0.310 e. The lowest BCUT2D eigenvalue weighted by molar-refractivity contribution is 1.18. The first-order valence-corrected chi connectivity index (χ1v) is 18.9. The molecular formula is C50H32N2S. The molecule has 0 aliphatic rings. The predicted octanol–water partition coefficient (Wildman–Crippen LogP) is 14.6. The van der Waals surface area contributed by atoms with Crippen LogP contribution in [0.2, 0.25) is 0 Å². The van der Waals surface area contributed by atoms with E-state index in [9.17, 15) is 0 Å². The highest BCUT2D eigenvalue weighted by Gasteiger charge is 2.19. The molecule has 11 rings (SSSR count). The van der Waals surface area contributed by atoms with E-state index < -0.39 is 0 Å². The van der Waals surface area contributed by atoms with Gasteiger partial charge in [-0.2, -0.15) is 0 Å². The Bertz CT molecular complexity index is 3170. The Hall–Kier alpha value is -6.68. The maximum absolute atomic E-state index is 2.42. The fraction of sp³-hybridized carbons (Fsp3) is 0. The molecule has 0 radical (unpaired) electrons. The molecule has 248 valence electrons. The number of para-hydroxylation sites is 2. The van der Waals surface area contributed by atoms with Crippen molar-refractivity contribution in [1.29, 1.82) is 0 Å². The third-order valence-corrected chi connectivity index (χ3v) is 11.9. The quantitative estimate of drug-likeness (QED) is 0.163. The highest BCUT2D eigenvalue weighted by Crippen LogP contribution is 2.43. The number of nitrogens with zero attached hydrogens (tertiary/aromatic N) is 2. The van der Waals surface area contributed by atoms with Crippen molar-refractivity contribution in [2.45, 2.75) is 0 Å². The molecule has 2 aromatic heterocycles. The minimum atomic E-state index is 1.11.